The van der Waals surface area contributed by atoms with Crippen LogP contribution in [-0.4, -0.2) is 27.0 Å². The summed E-state index contributed by atoms with van der Waals surface area (Å²) in [5.41, 5.74) is 1.74. The zero-order valence-corrected chi connectivity index (χ0v) is 14.9. The number of aromatic amines is 1. The maximum atomic E-state index is 12.0. The lowest BCUT2D eigenvalue weighted by atomic mass is 10.1. The fourth-order valence-electron chi connectivity index (χ4n) is 2.03. The Balaban J connectivity index is 1.69. The second kappa shape index (κ2) is 7.45. The van der Waals surface area contributed by atoms with Gasteiger partial charge in [0.05, 0.1) is 22.6 Å². The number of halogens is 2. The van der Waals surface area contributed by atoms with Crippen molar-refractivity contribution < 1.29 is 9.59 Å². The van der Waals surface area contributed by atoms with Crippen LogP contribution in [0.3, 0.4) is 0 Å². The molecular weight excluding hydrogens is 410 g/mol. The molecule has 25 heavy (non-hydrogen) atoms. The lowest BCUT2D eigenvalue weighted by Gasteiger charge is -2.03. The maximum Gasteiger partial charge on any atom is 0.315 e. The molecule has 0 saturated carbocycles. The van der Waals surface area contributed by atoms with Gasteiger partial charge < -0.3 is 10.6 Å². The van der Waals surface area contributed by atoms with Crippen molar-refractivity contribution >= 4 is 50.9 Å². The minimum absolute atomic E-state index is 0.206. The molecule has 126 valence electrons. The van der Waals surface area contributed by atoms with Crippen molar-refractivity contribution in [3.05, 3.63) is 58.3 Å². The summed E-state index contributed by atoms with van der Waals surface area (Å²) < 4.78 is 0.850. The number of anilines is 2. The number of carbonyl (C=O) groups is 2. The lowest BCUT2D eigenvalue weighted by Crippen LogP contribution is -2.29. The molecule has 3 N–H and O–H groups in total. The molecule has 2 amide bonds. The molecule has 2 aromatic heterocycles. The van der Waals surface area contributed by atoms with E-state index in [4.69, 9.17) is 11.6 Å². The van der Waals surface area contributed by atoms with E-state index >= 15 is 0 Å². The molecule has 9 heteroatoms. The van der Waals surface area contributed by atoms with Gasteiger partial charge in [0.1, 0.15) is 0 Å². The first-order valence-corrected chi connectivity index (χ1v) is 8.23. The Bertz CT molecular complexity index is 929. The summed E-state index contributed by atoms with van der Waals surface area (Å²) in [6.45, 7) is 0. The summed E-state index contributed by atoms with van der Waals surface area (Å²) in [4.78, 5) is 27.7. The molecule has 1 aromatic carbocycles. The van der Waals surface area contributed by atoms with Crippen LogP contribution in [0.4, 0.5) is 11.5 Å². The van der Waals surface area contributed by atoms with Gasteiger partial charge in [-0.05, 0) is 30.3 Å². The molecule has 3 rings (SSSR count). The van der Waals surface area contributed by atoms with Gasteiger partial charge in [-0.3, -0.25) is 19.7 Å². The summed E-state index contributed by atoms with van der Waals surface area (Å²) in [7, 11) is 0. The van der Waals surface area contributed by atoms with E-state index in [0.29, 0.717) is 22.0 Å². The van der Waals surface area contributed by atoms with Crippen LogP contribution in [0.2, 0.25) is 5.02 Å². The smallest absolute Gasteiger partial charge is 0.315 e. The maximum absolute atomic E-state index is 12.0. The second-order valence-corrected chi connectivity index (χ2v) is 6.26. The summed E-state index contributed by atoms with van der Waals surface area (Å²) in [5, 5.41) is 12.1. The van der Waals surface area contributed by atoms with Gasteiger partial charge in [-0.25, -0.2) is 0 Å². The van der Waals surface area contributed by atoms with E-state index in [1.54, 1.807) is 30.5 Å². The molecule has 2 heterocycles. The highest BCUT2D eigenvalue weighted by molar-refractivity contribution is 9.10. The van der Waals surface area contributed by atoms with Gasteiger partial charge in [0.15, 0.2) is 5.82 Å². The number of pyridine rings is 1. The fourth-order valence-corrected chi connectivity index (χ4v) is 2.61. The number of amides is 2. The highest BCUT2D eigenvalue weighted by Crippen LogP contribution is 2.30. The minimum atomic E-state index is -0.845. The molecule has 0 fully saturated rings. The third kappa shape index (κ3) is 4.23. The number of hydrogen-bond acceptors (Lipinski definition) is 4. The zero-order valence-electron chi connectivity index (χ0n) is 12.6. The summed E-state index contributed by atoms with van der Waals surface area (Å²) in [5.74, 6) is -1.46. The summed E-state index contributed by atoms with van der Waals surface area (Å²) in [6.07, 6.45) is 3.00. The Labute approximate surface area is 155 Å². The Morgan fingerprint density at radius 1 is 1.12 bits per heavy atom. The van der Waals surface area contributed by atoms with Crippen molar-refractivity contribution in [3.63, 3.8) is 0 Å². The van der Waals surface area contributed by atoms with Crippen LogP contribution in [0, 0.1) is 0 Å². The predicted molar refractivity (Wildman–Crippen MR) is 98.2 cm³/mol. The fraction of sp³-hybridized carbons (Fsp3) is 0. The average molecular weight is 421 g/mol. The van der Waals surface area contributed by atoms with E-state index in [9.17, 15) is 9.59 Å². The average Bonchev–Trinajstić information content (AvgIpc) is 3.06. The summed E-state index contributed by atoms with van der Waals surface area (Å²) in [6, 6.07) is 10.2. The summed E-state index contributed by atoms with van der Waals surface area (Å²) >= 11 is 9.53. The van der Waals surface area contributed by atoms with Crippen LogP contribution < -0.4 is 10.6 Å². The molecule has 7 nitrogen and oxygen atoms in total. The van der Waals surface area contributed by atoms with Crippen LogP contribution in [0.1, 0.15) is 0 Å². The van der Waals surface area contributed by atoms with E-state index in [2.05, 4.69) is 41.7 Å². The normalized spacial score (nSPS) is 10.3. The standard InChI is InChI=1S/C16H11BrClN5O2/c17-9-3-4-12(18)11(6-9)13-7-14(23-22-13)21-16(25)15(24)20-10-2-1-5-19-8-10/h1-8H,(H,20,24)(H2,21,22,23,25). The largest absolute Gasteiger partial charge is 0.316 e. The number of benzene rings is 1. The monoisotopic (exact) mass is 419 g/mol. The number of carbonyl (C=O) groups excluding carboxylic acids is 2. The Hall–Kier alpha value is -2.71. The van der Waals surface area contributed by atoms with Gasteiger partial charge in [0, 0.05) is 22.3 Å². The number of hydrogen-bond donors (Lipinski definition) is 3. The first-order chi connectivity index (χ1) is 12.0. The van der Waals surface area contributed by atoms with Gasteiger partial charge in [0.2, 0.25) is 0 Å². The van der Waals surface area contributed by atoms with Crippen LogP contribution >= 0.6 is 27.5 Å². The van der Waals surface area contributed by atoms with E-state index in [0.717, 1.165) is 4.47 Å². The molecule has 0 aliphatic carbocycles. The van der Waals surface area contributed by atoms with Gasteiger partial charge in [-0.1, -0.05) is 27.5 Å². The Morgan fingerprint density at radius 3 is 2.68 bits per heavy atom. The van der Waals surface area contributed by atoms with Crippen molar-refractivity contribution in [1.29, 1.82) is 0 Å². The zero-order chi connectivity index (χ0) is 17.8. The number of rotatable bonds is 3. The van der Waals surface area contributed by atoms with E-state index in [-0.39, 0.29) is 5.82 Å². The molecule has 0 radical (unpaired) electrons. The molecule has 0 bridgehead atoms. The molecule has 0 spiro atoms. The van der Waals surface area contributed by atoms with Crippen LogP contribution in [0.5, 0.6) is 0 Å². The molecule has 0 saturated heterocycles. The number of nitrogens with zero attached hydrogens (tertiary/aromatic N) is 2. The van der Waals surface area contributed by atoms with Gasteiger partial charge in [-0.2, -0.15) is 5.10 Å². The van der Waals surface area contributed by atoms with Crippen molar-refractivity contribution in [2.45, 2.75) is 0 Å². The second-order valence-electron chi connectivity index (χ2n) is 4.94. The van der Waals surface area contributed by atoms with Crippen LogP contribution in [0.25, 0.3) is 11.3 Å². The van der Waals surface area contributed by atoms with Gasteiger partial charge >= 0.3 is 11.8 Å². The Kier molecular flexibility index (Phi) is 5.11. The van der Waals surface area contributed by atoms with Crippen molar-refractivity contribution in [2.24, 2.45) is 0 Å². The highest BCUT2D eigenvalue weighted by Gasteiger charge is 2.16. The highest BCUT2D eigenvalue weighted by atomic mass is 79.9. The molecule has 0 aliphatic heterocycles. The minimum Gasteiger partial charge on any atom is -0.316 e. The van der Waals surface area contributed by atoms with Crippen LogP contribution in [-0.2, 0) is 9.59 Å². The SMILES string of the molecule is O=C(Nc1cccnc1)C(=O)Nc1cc(-c2cc(Br)ccc2Cl)[nH]n1. The van der Waals surface area contributed by atoms with E-state index < -0.39 is 11.8 Å². The Morgan fingerprint density at radius 2 is 1.92 bits per heavy atom. The number of nitrogens with one attached hydrogen (secondary N) is 3. The number of aromatic nitrogens is 3. The van der Waals surface area contributed by atoms with Crippen molar-refractivity contribution in [3.8, 4) is 11.3 Å². The topological polar surface area (TPSA) is 99.8 Å². The third-order valence-corrected chi connectivity index (χ3v) is 3.99. The van der Waals surface area contributed by atoms with Crippen molar-refractivity contribution in [1.82, 2.24) is 15.2 Å². The van der Waals surface area contributed by atoms with Gasteiger partial charge in [-0.15, -0.1) is 0 Å². The van der Waals surface area contributed by atoms with E-state index in [1.807, 2.05) is 12.1 Å². The molecule has 0 aliphatic rings. The third-order valence-electron chi connectivity index (χ3n) is 3.16. The van der Waals surface area contributed by atoms with Gasteiger partial charge in [0.25, 0.3) is 0 Å². The molecular formula is C16H11BrClN5O2. The molecule has 0 unspecified atom stereocenters. The quantitative estimate of drug-likeness (QED) is 0.565. The first-order valence-electron chi connectivity index (χ1n) is 7.06. The van der Waals surface area contributed by atoms with E-state index in [1.165, 1.54) is 6.20 Å². The first kappa shape index (κ1) is 17.1. The molecule has 0 atom stereocenters. The van der Waals surface area contributed by atoms with Crippen molar-refractivity contribution in [2.75, 3.05) is 10.6 Å². The molecule has 3 aromatic rings. The number of H-pyrrole nitrogens is 1. The van der Waals surface area contributed by atoms with Crippen LogP contribution in [0.15, 0.2) is 53.3 Å². The lowest BCUT2D eigenvalue weighted by molar-refractivity contribution is -0.133. The predicted octanol–water partition coefficient (Wildman–Crippen LogP) is 3.46.